The maximum absolute atomic E-state index is 4.88. The van der Waals surface area contributed by atoms with Crippen molar-refractivity contribution in [3.8, 4) is 0 Å². The van der Waals surface area contributed by atoms with E-state index in [1.807, 2.05) is 0 Å². The lowest BCUT2D eigenvalue weighted by Gasteiger charge is -2.19. The SMILES string of the molecule is CC1=C(C)C(C)C(c2ccccc2/C(C)=N/C(C)(C)C)=C1C. The summed E-state index contributed by atoms with van der Waals surface area (Å²) in [5.74, 6) is 0.489. The smallest absolute Gasteiger partial charge is 0.0527 e. The van der Waals surface area contributed by atoms with E-state index in [-0.39, 0.29) is 5.54 Å². The van der Waals surface area contributed by atoms with E-state index in [2.05, 4.69) is 79.7 Å². The van der Waals surface area contributed by atoms with Gasteiger partial charge in [-0.2, -0.15) is 0 Å². The molecule has 118 valence electrons. The summed E-state index contributed by atoms with van der Waals surface area (Å²) in [6, 6.07) is 8.70. The predicted molar refractivity (Wildman–Crippen MR) is 98.5 cm³/mol. The number of nitrogens with zero attached hydrogens (tertiary/aromatic N) is 1. The highest BCUT2D eigenvalue weighted by molar-refractivity contribution is 6.04. The van der Waals surface area contributed by atoms with Crippen LogP contribution in [0, 0.1) is 5.92 Å². The van der Waals surface area contributed by atoms with Gasteiger partial charge in [0.2, 0.25) is 0 Å². The Morgan fingerprint density at radius 1 is 1.00 bits per heavy atom. The van der Waals surface area contributed by atoms with E-state index in [0.717, 1.165) is 5.71 Å². The molecule has 0 amide bonds. The molecule has 0 N–H and O–H groups in total. The average Bonchev–Trinajstić information content (AvgIpc) is 2.61. The molecule has 0 saturated heterocycles. The summed E-state index contributed by atoms with van der Waals surface area (Å²) in [5.41, 5.74) is 9.52. The third-order valence-corrected chi connectivity index (χ3v) is 4.75. The molecule has 0 radical (unpaired) electrons. The molecule has 0 aromatic heterocycles. The second-order valence-corrected chi connectivity index (χ2v) is 7.48. The summed E-state index contributed by atoms with van der Waals surface area (Å²) in [6.45, 7) is 17.7. The molecule has 0 aliphatic heterocycles. The van der Waals surface area contributed by atoms with Gasteiger partial charge in [0.1, 0.15) is 0 Å². The minimum atomic E-state index is -0.0496. The first kappa shape index (κ1) is 16.7. The highest BCUT2D eigenvalue weighted by Gasteiger charge is 2.26. The zero-order valence-corrected chi connectivity index (χ0v) is 15.3. The summed E-state index contributed by atoms with van der Waals surface area (Å²) >= 11 is 0. The van der Waals surface area contributed by atoms with Gasteiger partial charge in [0.15, 0.2) is 0 Å². The average molecular weight is 295 g/mol. The molecule has 1 atom stereocenters. The molecule has 1 aromatic rings. The Hall–Kier alpha value is -1.63. The normalized spacial score (nSPS) is 20.2. The Labute approximate surface area is 135 Å². The molecule has 0 spiro atoms. The molecular formula is C21H29N. The monoisotopic (exact) mass is 295 g/mol. The molecule has 1 nitrogen and oxygen atoms in total. The third kappa shape index (κ3) is 3.09. The molecule has 2 rings (SSSR count). The number of hydrogen-bond donors (Lipinski definition) is 0. The van der Waals surface area contributed by atoms with Crippen LogP contribution in [0.15, 0.2) is 46.0 Å². The van der Waals surface area contributed by atoms with Crippen LogP contribution in [-0.4, -0.2) is 11.3 Å². The quantitative estimate of drug-likeness (QED) is 0.589. The van der Waals surface area contributed by atoms with Crippen molar-refractivity contribution >= 4 is 11.3 Å². The van der Waals surface area contributed by atoms with Crippen LogP contribution in [0.2, 0.25) is 0 Å². The van der Waals surface area contributed by atoms with Gasteiger partial charge in [0.05, 0.1) is 5.54 Å². The Morgan fingerprint density at radius 3 is 2.09 bits per heavy atom. The number of hydrogen-bond acceptors (Lipinski definition) is 1. The van der Waals surface area contributed by atoms with Crippen LogP contribution in [0.5, 0.6) is 0 Å². The zero-order valence-electron chi connectivity index (χ0n) is 15.3. The largest absolute Gasteiger partial charge is 0.284 e. The molecule has 0 fully saturated rings. The lowest BCUT2D eigenvalue weighted by molar-refractivity contribution is 0.584. The Bertz CT molecular complexity index is 678. The molecule has 1 aromatic carbocycles. The lowest BCUT2D eigenvalue weighted by Crippen LogP contribution is -2.14. The van der Waals surface area contributed by atoms with Crippen LogP contribution < -0.4 is 0 Å². The minimum absolute atomic E-state index is 0.0496. The highest BCUT2D eigenvalue weighted by Crippen LogP contribution is 2.43. The Kier molecular flexibility index (Phi) is 4.47. The van der Waals surface area contributed by atoms with Crippen molar-refractivity contribution in [3.05, 3.63) is 52.1 Å². The van der Waals surface area contributed by atoms with Gasteiger partial charge in [-0.3, -0.25) is 4.99 Å². The van der Waals surface area contributed by atoms with Crippen LogP contribution in [-0.2, 0) is 0 Å². The molecular weight excluding hydrogens is 266 g/mol. The van der Waals surface area contributed by atoms with Crippen molar-refractivity contribution in [1.82, 2.24) is 0 Å². The highest BCUT2D eigenvalue weighted by atomic mass is 14.8. The summed E-state index contributed by atoms with van der Waals surface area (Å²) < 4.78 is 0. The van der Waals surface area contributed by atoms with E-state index >= 15 is 0 Å². The van der Waals surface area contributed by atoms with Crippen molar-refractivity contribution in [3.63, 3.8) is 0 Å². The topological polar surface area (TPSA) is 12.4 Å². The molecule has 0 heterocycles. The Balaban J connectivity index is 2.59. The van der Waals surface area contributed by atoms with Gasteiger partial charge in [-0.15, -0.1) is 0 Å². The van der Waals surface area contributed by atoms with Gasteiger partial charge in [0, 0.05) is 17.2 Å². The van der Waals surface area contributed by atoms with Crippen molar-refractivity contribution < 1.29 is 0 Å². The lowest BCUT2D eigenvalue weighted by atomic mass is 9.87. The first-order valence-electron chi connectivity index (χ1n) is 8.18. The predicted octanol–water partition coefficient (Wildman–Crippen LogP) is 6.05. The first-order valence-corrected chi connectivity index (χ1v) is 8.18. The fourth-order valence-electron chi connectivity index (χ4n) is 3.40. The zero-order chi connectivity index (χ0) is 16.7. The number of aliphatic imine (C=N–C) groups is 1. The van der Waals surface area contributed by atoms with Crippen molar-refractivity contribution in [2.45, 2.75) is 60.9 Å². The number of rotatable bonds is 2. The van der Waals surface area contributed by atoms with Gasteiger partial charge >= 0.3 is 0 Å². The van der Waals surface area contributed by atoms with E-state index in [0.29, 0.717) is 5.92 Å². The van der Waals surface area contributed by atoms with Gasteiger partial charge in [-0.1, -0.05) is 36.8 Å². The van der Waals surface area contributed by atoms with E-state index in [1.165, 1.54) is 33.4 Å². The molecule has 22 heavy (non-hydrogen) atoms. The minimum Gasteiger partial charge on any atom is -0.284 e. The van der Waals surface area contributed by atoms with Crippen LogP contribution in [0.3, 0.4) is 0 Å². The maximum atomic E-state index is 4.88. The Morgan fingerprint density at radius 2 is 1.59 bits per heavy atom. The van der Waals surface area contributed by atoms with Crippen molar-refractivity contribution in [2.75, 3.05) is 0 Å². The van der Waals surface area contributed by atoms with Crippen LogP contribution in [0.1, 0.15) is 66.5 Å². The number of benzene rings is 1. The summed E-state index contributed by atoms with van der Waals surface area (Å²) in [7, 11) is 0. The van der Waals surface area contributed by atoms with Gasteiger partial charge in [-0.05, 0) is 70.7 Å². The van der Waals surface area contributed by atoms with Crippen LogP contribution >= 0.6 is 0 Å². The molecule has 0 saturated carbocycles. The summed E-state index contributed by atoms with van der Waals surface area (Å²) in [6.07, 6.45) is 0. The molecule has 1 heteroatoms. The first-order chi connectivity index (χ1) is 10.1. The summed E-state index contributed by atoms with van der Waals surface area (Å²) in [5, 5.41) is 0. The van der Waals surface area contributed by atoms with E-state index < -0.39 is 0 Å². The van der Waals surface area contributed by atoms with Gasteiger partial charge in [0.25, 0.3) is 0 Å². The molecule has 1 aliphatic rings. The molecule has 1 aliphatic carbocycles. The van der Waals surface area contributed by atoms with E-state index in [1.54, 1.807) is 0 Å². The fourth-order valence-corrected chi connectivity index (χ4v) is 3.40. The standard InChI is InChI=1S/C21H29N/c1-13-14(2)16(4)20(15(13)3)19-12-10-9-11-18(19)17(5)22-21(6,7)8/h9-12,15H,1-8H3/b22-17+. The maximum Gasteiger partial charge on any atom is 0.0527 e. The molecule has 0 bridgehead atoms. The van der Waals surface area contributed by atoms with Crippen molar-refractivity contribution in [1.29, 1.82) is 0 Å². The summed E-state index contributed by atoms with van der Waals surface area (Å²) in [4.78, 5) is 4.88. The molecule has 1 unspecified atom stereocenters. The van der Waals surface area contributed by atoms with Crippen LogP contribution in [0.25, 0.3) is 5.57 Å². The number of allylic oxidation sites excluding steroid dienone is 4. The van der Waals surface area contributed by atoms with Gasteiger partial charge in [-0.25, -0.2) is 0 Å². The van der Waals surface area contributed by atoms with Crippen molar-refractivity contribution in [2.24, 2.45) is 10.9 Å². The second-order valence-electron chi connectivity index (χ2n) is 7.48. The fraction of sp³-hybridized carbons (Fsp3) is 0.476. The van der Waals surface area contributed by atoms with E-state index in [9.17, 15) is 0 Å². The van der Waals surface area contributed by atoms with Crippen LogP contribution in [0.4, 0.5) is 0 Å². The van der Waals surface area contributed by atoms with Gasteiger partial charge < -0.3 is 0 Å². The third-order valence-electron chi connectivity index (χ3n) is 4.75. The van der Waals surface area contributed by atoms with E-state index in [4.69, 9.17) is 4.99 Å². The second kappa shape index (κ2) is 5.87.